The van der Waals surface area contributed by atoms with Crippen LogP contribution in [0.5, 0.6) is 0 Å². The number of carbonyl (C=O) groups is 2. The van der Waals surface area contributed by atoms with Crippen molar-refractivity contribution in [2.24, 2.45) is 0 Å². The van der Waals surface area contributed by atoms with Gasteiger partial charge in [-0.15, -0.1) is 0 Å². The highest BCUT2D eigenvalue weighted by atomic mass is 35.5. The Kier molecular flexibility index (Phi) is 9.27. The van der Waals surface area contributed by atoms with Crippen LogP contribution < -0.4 is 10.6 Å². The van der Waals surface area contributed by atoms with Crippen LogP contribution in [0.25, 0.3) is 0 Å². The first kappa shape index (κ1) is 21.0. The Bertz CT molecular complexity index is 595. The summed E-state index contributed by atoms with van der Waals surface area (Å²) in [6, 6.07) is 4.80. The molecule has 2 N–H and O–H groups in total. The number of hydrogen-bond acceptors (Lipinski definition) is 2. The molecule has 6 heteroatoms. The molecule has 1 aliphatic carbocycles. The number of rotatable bonds is 2. The van der Waals surface area contributed by atoms with Crippen LogP contribution in [-0.2, 0) is 9.59 Å². The summed E-state index contributed by atoms with van der Waals surface area (Å²) in [5, 5.41) is 6.24. The third kappa shape index (κ3) is 7.55. The van der Waals surface area contributed by atoms with Crippen molar-refractivity contribution in [2.75, 3.05) is 5.32 Å². The van der Waals surface area contributed by atoms with E-state index in [1.54, 1.807) is 12.1 Å². The van der Waals surface area contributed by atoms with E-state index in [1.807, 2.05) is 0 Å². The van der Waals surface area contributed by atoms with Crippen LogP contribution in [0.2, 0.25) is 10.0 Å². The van der Waals surface area contributed by atoms with Crippen molar-refractivity contribution in [2.45, 2.75) is 76.7 Å². The molecular weight excluding hydrogens is 371 g/mol. The maximum absolute atomic E-state index is 12.3. The van der Waals surface area contributed by atoms with Gasteiger partial charge in [0.2, 0.25) is 0 Å². The molecule has 0 heterocycles. The van der Waals surface area contributed by atoms with Gasteiger partial charge in [0.1, 0.15) is 0 Å². The van der Waals surface area contributed by atoms with Gasteiger partial charge in [-0.25, -0.2) is 0 Å². The average molecular weight is 399 g/mol. The lowest BCUT2D eigenvalue weighted by Gasteiger charge is -2.19. The van der Waals surface area contributed by atoms with E-state index < -0.39 is 11.8 Å². The van der Waals surface area contributed by atoms with Gasteiger partial charge < -0.3 is 10.6 Å². The molecule has 144 valence electrons. The SMILES string of the molecule is O=C(Nc1ccc(Cl)cc1Cl)C(=O)NC1CCCCCCCCCCC1. The highest BCUT2D eigenvalue weighted by Gasteiger charge is 2.19. The lowest BCUT2D eigenvalue weighted by molar-refractivity contribution is -0.136. The highest BCUT2D eigenvalue weighted by molar-refractivity contribution is 6.42. The molecule has 0 spiro atoms. The molecule has 1 fully saturated rings. The van der Waals surface area contributed by atoms with Gasteiger partial charge in [-0.3, -0.25) is 9.59 Å². The quantitative estimate of drug-likeness (QED) is 0.625. The smallest absolute Gasteiger partial charge is 0.313 e. The van der Waals surface area contributed by atoms with E-state index in [1.165, 1.54) is 51.0 Å². The molecule has 1 saturated carbocycles. The molecule has 0 atom stereocenters. The Morgan fingerprint density at radius 3 is 1.88 bits per heavy atom. The van der Waals surface area contributed by atoms with E-state index in [9.17, 15) is 9.59 Å². The third-order valence-electron chi connectivity index (χ3n) is 4.83. The van der Waals surface area contributed by atoms with Gasteiger partial charge >= 0.3 is 11.8 Å². The summed E-state index contributed by atoms with van der Waals surface area (Å²) in [6.45, 7) is 0. The van der Waals surface area contributed by atoms with E-state index in [0.29, 0.717) is 15.7 Å². The van der Waals surface area contributed by atoms with E-state index in [-0.39, 0.29) is 6.04 Å². The highest BCUT2D eigenvalue weighted by Crippen LogP contribution is 2.25. The predicted octanol–water partition coefficient (Wildman–Crippen LogP) is 5.72. The minimum Gasteiger partial charge on any atom is -0.345 e. The standard InChI is InChI=1S/C20H28Cl2N2O2/c21-15-12-13-18(17(22)14-15)24-20(26)19(25)23-16-10-8-6-4-2-1-3-5-7-9-11-16/h12-14,16H,1-11H2,(H,23,25)(H,24,26). The van der Waals surface area contributed by atoms with Crippen LogP contribution in [-0.4, -0.2) is 17.9 Å². The Labute approximate surface area is 166 Å². The van der Waals surface area contributed by atoms with Crippen LogP contribution in [0.3, 0.4) is 0 Å². The van der Waals surface area contributed by atoms with E-state index >= 15 is 0 Å². The van der Waals surface area contributed by atoms with Crippen molar-refractivity contribution in [1.29, 1.82) is 0 Å². The van der Waals surface area contributed by atoms with Crippen molar-refractivity contribution >= 4 is 40.7 Å². The molecule has 0 radical (unpaired) electrons. The second-order valence-corrected chi connectivity index (χ2v) is 7.85. The molecule has 0 unspecified atom stereocenters. The van der Waals surface area contributed by atoms with Gasteiger partial charge in [0.25, 0.3) is 0 Å². The van der Waals surface area contributed by atoms with Gasteiger partial charge in [-0.1, -0.05) is 81.0 Å². The zero-order valence-corrected chi connectivity index (χ0v) is 16.7. The molecule has 1 aliphatic rings. The number of hydrogen-bond donors (Lipinski definition) is 2. The molecule has 0 saturated heterocycles. The van der Waals surface area contributed by atoms with Crippen molar-refractivity contribution in [3.63, 3.8) is 0 Å². The summed E-state index contributed by atoms with van der Waals surface area (Å²) in [6.07, 6.45) is 12.9. The summed E-state index contributed by atoms with van der Waals surface area (Å²) in [5.41, 5.74) is 0.384. The summed E-state index contributed by atoms with van der Waals surface area (Å²) in [5.74, 6) is -1.30. The van der Waals surface area contributed by atoms with Crippen molar-refractivity contribution in [3.8, 4) is 0 Å². The topological polar surface area (TPSA) is 58.2 Å². The van der Waals surface area contributed by atoms with Crippen LogP contribution in [0.4, 0.5) is 5.69 Å². The fraction of sp³-hybridized carbons (Fsp3) is 0.600. The van der Waals surface area contributed by atoms with Gasteiger partial charge in [-0.2, -0.15) is 0 Å². The zero-order chi connectivity index (χ0) is 18.8. The molecule has 2 amide bonds. The fourth-order valence-corrected chi connectivity index (χ4v) is 3.78. The van der Waals surface area contributed by atoms with Crippen molar-refractivity contribution in [3.05, 3.63) is 28.2 Å². The summed E-state index contributed by atoms with van der Waals surface area (Å²) in [4.78, 5) is 24.5. The minimum atomic E-state index is -0.694. The minimum absolute atomic E-state index is 0.0633. The summed E-state index contributed by atoms with van der Waals surface area (Å²) >= 11 is 11.9. The van der Waals surface area contributed by atoms with Crippen molar-refractivity contribution < 1.29 is 9.59 Å². The first-order chi connectivity index (χ1) is 12.6. The summed E-state index contributed by atoms with van der Waals surface area (Å²) < 4.78 is 0. The largest absolute Gasteiger partial charge is 0.345 e. The van der Waals surface area contributed by atoms with Crippen LogP contribution in [0, 0.1) is 0 Å². The number of benzene rings is 1. The molecule has 0 aliphatic heterocycles. The Hall–Kier alpha value is -1.26. The number of halogens is 2. The lowest BCUT2D eigenvalue weighted by Crippen LogP contribution is -2.42. The first-order valence-corrected chi connectivity index (χ1v) is 10.4. The summed E-state index contributed by atoms with van der Waals surface area (Å²) in [7, 11) is 0. The lowest BCUT2D eigenvalue weighted by atomic mass is 9.98. The zero-order valence-electron chi connectivity index (χ0n) is 15.2. The number of amides is 2. The van der Waals surface area contributed by atoms with Gasteiger partial charge in [0, 0.05) is 11.1 Å². The number of carbonyl (C=O) groups excluding carboxylic acids is 2. The number of nitrogens with one attached hydrogen (secondary N) is 2. The maximum Gasteiger partial charge on any atom is 0.313 e. The van der Waals surface area contributed by atoms with Gasteiger partial charge in [0.05, 0.1) is 10.7 Å². The molecule has 4 nitrogen and oxygen atoms in total. The average Bonchev–Trinajstić information content (AvgIpc) is 2.59. The Morgan fingerprint density at radius 2 is 1.35 bits per heavy atom. The molecule has 1 aromatic rings. The molecular formula is C20H28Cl2N2O2. The molecule has 26 heavy (non-hydrogen) atoms. The maximum atomic E-state index is 12.3. The Balaban J connectivity index is 1.86. The second-order valence-electron chi connectivity index (χ2n) is 7.01. The van der Waals surface area contributed by atoms with Crippen molar-refractivity contribution in [1.82, 2.24) is 5.32 Å². The first-order valence-electron chi connectivity index (χ1n) is 9.63. The molecule has 0 bridgehead atoms. The second kappa shape index (κ2) is 11.5. The van der Waals surface area contributed by atoms with Crippen LogP contribution >= 0.6 is 23.2 Å². The fourth-order valence-electron chi connectivity index (χ4n) is 3.33. The van der Waals surface area contributed by atoms with E-state index in [2.05, 4.69) is 10.6 Å². The monoisotopic (exact) mass is 398 g/mol. The molecule has 1 aromatic carbocycles. The van der Waals surface area contributed by atoms with Gasteiger partial charge in [-0.05, 0) is 31.0 Å². The van der Waals surface area contributed by atoms with Crippen LogP contribution in [0.1, 0.15) is 70.6 Å². The van der Waals surface area contributed by atoms with E-state index in [4.69, 9.17) is 23.2 Å². The number of anilines is 1. The molecule has 0 aromatic heterocycles. The van der Waals surface area contributed by atoms with E-state index in [0.717, 1.165) is 25.7 Å². The van der Waals surface area contributed by atoms with Crippen LogP contribution in [0.15, 0.2) is 18.2 Å². The van der Waals surface area contributed by atoms with Gasteiger partial charge in [0.15, 0.2) is 0 Å². The third-order valence-corrected chi connectivity index (χ3v) is 5.37. The Morgan fingerprint density at radius 1 is 0.808 bits per heavy atom. The normalized spacial score (nSPS) is 17.6. The predicted molar refractivity (Wildman–Crippen MR) is 108 cm³/mol. The molecule has 2 rings (SSSR count).